The van der Waals surface area contributed by atoms with Crippen molar-refractivity contribution in [1.82, 2.24) is 14.9 Å². The number of carbonyl (C=O) groups excluding carboxylic acids is 1. The number of hydrogen-bond donors (Lipinski definition) is 2. The maximum atomic E-state index is 12.4. The highest BCUT2D eigenvalue weighted by Gasteiger charge is 2.12. The van der Waals surface area contributed by atoms with E-state index in [2.05, 4.69) is 25.5 Å². The number of ether oxygens (including phenoxy) is 2. The Morgan fingerprint density at radius 3 is 2.74 bits per heavy atom. The predicted molar refractivity (Wildman–Crippen MR) is 104 cm³/mol. The van der Waals surface area contributed by atoms with Crippen LogP contribution in [0.15, 0.2) is 30.6 Å². The van der Waals surface area contributed by atoms with Gasteiger partial charge in [0.1, 0.15) is 5.75 Å². The molecule has 1 aromatic carbocycles. The Labute approximate surface area is 162 Å². The molecule has 1 aromatic heterocycles. The monoisotopic (exact) mass is 391 g/mol. The number of rotatable bonds is 7. The highest BCUT2D eigenvalue weighted by atomic mass is 35.5. The first-order chi connectivity index (χ1) is 13.2. The quantitative estimate of drug-likeness (QED) is 0.747. The minimum Gasteiger partial charge on any atom is -0.495 e. The average molecular weight is 392 g/mol. The molecule has 2 heterocycles. The summed E-state index contributed by atoms with van der Waals surface area (Å²) >= 11 is 5.98. The van der Waals surface area contributed by atoms with Gasteiger partial charge in [-0.25, -0.2) is 9.97 Å². The van der Waals surface area contributed by atoms with Crippen molar-refractivity contribution in [2.24, 2.45) is 0 Å². The second-order valence-corrected chi connectivity index (χ2v) is 6.41. The molecule has 0 spiro atoms. The van der Waals surface area contributed by atoms with E-state index < -0.39 is 0 Å². The standard InChI is InChI=1S/C18H22ClN5O3/c1-26-16-3-2-14(19)10-15(16)23-17(25)13-11-21-18(22-12-13)20-4-5-24-6-8-27-9-7-24/h2-3,10-12H,4-9H2,1H3,(H,23,25)(H,20,21,22). The molecule has 0 atom stereocenters. The van der Waals surface area contributed by atoms with Gasteiger partial charge in [0.05, 0.1) is 31.6 Å². The number of anilines is 2. The smallest absolute Gasteiger partial charge is 0.258 e. The van der Waals surface area contributed by atoms with Crippen molar-refractivity contribution >= 4 is 29.1 Å². The van der Waals surface area contributed by atoms with Crippen molar-refractivity contribution in [2.75, 3.05) is 57.1 Å². The molecule has 144 valence electrons. The molecule has 0 saturated carbocycles. The van der Waals surface area contributed by atoms with Gasteiger partial charge in [-0.15, -0.1) is 0 Å². The van der Waals surface area contributed by atoms with E-state index in [0.717, 1.165) is 39.4 Å². The lowest BCUT2D eigenvalue weighted by Gasteiger charge is -2.26. The normalized spacial score (nSPS) is 14.6. The number of aromatic nitrogens is 2. The van der Waals surface area contributed by atoms with Crippen molar-refractivity contribution in [2.45, 2.75) is 0 Å². The van der Waals surface area contributed by atoms with Crippen LogP contribution >= 0.6 is 11.6 Å². The molecule has 2 N–H and O–H groups in total. The van der Waals surface area contributed by atoms with Gasteiger partial charge in [-0.1, -0.05) is 11.6 Å². The SMILES string of the molecule is COc1ccc(Cl)cc1NC(=O)c1cnc(NCCN2CCOCC2)nc1. The van der Waals surface area contributed by atoms with Crippen LogP contribution in [-0.2, 0) is 4.74 Å². The van der Waals surface area contributed by atoms with Crippen molar-refractivity contribution in [1.29, 1.82) is 0 Å². The summed E-state index contributed by atoms with van der Waals surface area (Å²) in [7, 11) is 1.53. The second kappa shape index (κ2) is 9.50. The van der Waals surface area contributed by atoms with Crippen molar-refractivity contribution < 1.29 is 14.3 Å². The topological polar surface area (TPSA) is 88.6 Å². The number of benzene rings is 1. The molecule has 0 unspecified atom stereocenters. The molecule has 0 aliphatic carbocycles. The molecule has 0 radical (unpaired) electrons. The highest BCUT2D eigenvalue weighted by Crippen LogP contribution is 2.28. The van der Waals surface area contributed by atoms with Gasteiger partial charge in [-0.2, -0.15) is 0 Å². The Kier molecular flexibility index (Phi) is 6.80. The minimum absolute atomic E-state index is 0.338. The molecule has 3 rings (SSSR count). The largest absolute Gasteiger partial charge is 0.495 e. The van der Waals surface area contributed by atoms with Crippen LogP contribution in [0, 0.1) is 0 Å². The molecule has 1 saturated heterocycles. The van der Waals surface area contributed by atoms with Gasteiger partial charge in [0.15, 0.2) is 0 Å². The Morgan fingerprint density at radius 2 is 2.04 bits per heavy atom. The Balaban J connectivity index is 1.53. The first kappa shape index (κ1) is 19.3. The number of nitrogens with zero attached hydrogens (tertiary/aromatic N) is 3. The van der Waals surface area contributed by atoms with E-state index in [1.54, 1.807) is 18.2 Å². The molecule has 1 aliphatic heterocycles. The Morgan fingerprint density at radius 1 is 1.30 bits per heavy atom. The molecule has 2 aromatic rings. The molecule has 0 bridgehead atoms. The fraction of sp³-hybridized carbons (Fsp3) is 0.389. The van der Waals surface area contributed by atoms with Gasteiger partial charge in [0.25, 0.3) is 5.91 Å². The summed E-state index contributed by atoms with van der Waals surface area (Å²) in [5, 5.41) is 6.42. The van der Waals surface area contributed by atoms with Crippen LogP contribution in [0.5, 0.6) is 5.75 Å². The van der Waals surface area contributed by atoms with Gasteiger partial charge in [0, 0.05) is 43.6 Å². The van der Waals surface area contributed by atoms with Gasteiger partial charge in [-0.3, -0.25) is 9.69 Å². The third-order valence-electron chi connectivity index (χ3n) is 4.14. The first-order valence-corrected chi connectivity index (χ1v) is 9.04. The summed E-state index contributed by atoms with van der Waals surface area (Å²) in [6, 6.07) is 5.01. The van der Waals surface area contributed by atoms with E-state index in [9.17, 15) is 4.79 Å². The van der Waals surface area contributed by atoms with Crippen LogP contribution < -0.4 is 15.4 Å². The highest BCUT2D eigenvalue weighted by molar-refractivity contribution is 6.31. The van der Waals surface area contributed by atoms with E-state index in [1.165, 1.54) is 19.5 Å². The zero-order valence-corrected chi connectivity index (χ0v) is 15.8. The summed E-state index contributed by atoms with van der Waals surface area (Å²) in [6.07, 6.45) is 2.97. The molecule has 27 heavy (non-hydrogen) atoms. The maximum Gasteiger partial charge on any atom is 0.258 e. The van der Waals surface area contributed by atoms with Gasteiger partial charge in [-0.05, 0) is 18.2 Å². The van der Waals surface area contributed by atoms with Crippen LogP contribution in [0.4, 0.5) is 11.6 Å². The lowest BCUT2D eigenvalue weighted by molar-refractivity contribution is 0.0398. The van der Waals surface area contributed by atoms with E-state index >= 15 is 0 Å². The molecule has 1 fully saturated rings. The number of methoxy groups -OCH3 is 1. The maximum absolute atomic E-state index is 12.4. The van der Waals surface area contributed by atoms with E-state index in [4.69, 9.17) is 21.1 Å². The summed E-state index contributed by atoms with van der Waals surface area (Å²) < 4.78 is 10.5. The van der Waals surface area contributed by atoms with E-state index in [-0.39, 0.29) is 5.91 Å². The summed E-state index contributed by atoms with van der Waals surface area (Å²) in [5.41, 5.74) is 0.832. The Hall–Kier alpha value is -2.42. The van der Waals surface area contributed by atoms with Gasteiger partial charge in [0.2, 0.25) is 5.95 Å². The van der Waals surface area contributed by atoms with Crippen LogP contribution in [0.3, 0.4) is 0 Å². The molecular formula is C18H22ClN5O3. The second-order valence-electron chi connectivity index (χ2n) is 5.97. The molecular weight excluding hydrogens is 370 g/mol. The van der Waals surface area contributed by atoms with Crippen molar-refractivity contribution in [3.05, 3.63) is 41.2 Å². The molecule has 1 amide bonds. The lowest BCUT2D eigenvalue weighted by Crippen LogP contribution is -2.39. The van der Waals surface area contributed by atoms with E-state index in [0.29, 0.717) is 28.0 Å². The Bertz CT molecular complexity index is 766. The third-order valence-corrected chi connectivity index (χ3v) is 4.37. The van der Waals surface area contributed by atoms with Gasteiger partial charge < -0.3 is 20.1 Å². The number of nitrogens with one attached hydrogen (secondary N) is 2. The lowest BCUT2D eigenvalue weighted by atomic mass is 10.2. The summed E-state index contributed by atoms with van der Waals surface area (Å²) in [6.45, 7) is 5.05. The summed E-state index contributed by atoms with van der Waals surface area (Å²) in [4.78, 5) is 23.1. The zero-order valence-electron chi connectivity index (χ0n) is 15.1. The number of halogens is 1. The van der Waals surface area contributed by atoms with Crippen molar-refractivity contribution in [3.8, 4) is 5.75 Å². The minimum atomic E-state index is -0.338. The van der Waals surface area contributed by atoms with E-state index in [1.807, 2.05) is 0 Å². The molecule has 9 heteroatoms. The molecule has 8 nitrogen and oxygen atoms in total. The fourth-order valence-corrected chi connectivity index (χ4v) is 2.83. The number of carbonyl (C=O) groups is 1. The summed E-state index contributed by atoms with van der Waals surface area (Å²) in [5.74, 6) is 0.672. The number of morpholine rings is 1. The first-order valence-electron chi connectivity index (χ1n) is 8.66. The van der Waals surface area contributed by atoms with Crippen LogP contribution in [-0.4, -0.2) is 67.3 Å². The zero-order chi connectivity index (χ0) is 19.1. The average Bonchev–Trinajstić information content (AvgIpc) is 2.69. The van der Waals surface area contributed by atoms with Crippen LogP contribution in [0.25, 0.3) is 0 Å². The van der Waals surface area contributed by atoms with Crippen LogP contribution in [0.1, 0.15) is 10.4 Å². The predicted octanol–water partition coefficient (Wildman–Crippen LogP) is 2.13. The molecule has 1 aliphatic rings. The number of amides is 1. The fourth-order valence-electron chi connectivity index (χ4n) is 2.66. The van der Waals surface area contributed by atoms with Crippen molar-refractivity contribution in [3.63, 3.8) is 0 Å². The van der Waals surface area contributed by atoms with Gasteiger partial charge >= 0.3 is 0 Å². The number of hydrogen-bond acceptors (Lipinski definition) is 7. The van der Waals surface area contributed by atoms with Crippen LogP contribution in [0.2, 0.25) is 5.02 Å². The third kappa shape index (κ3) is 5.53.